The Kier molecular flexibility index (Phi) is 6.27. The third kappa shape index (κ3) is 4.90. The van der Waals surface area contributed by atoms with Crippen molar-refractivity contribution >= 4 is 39.0 Å². The van der Waals surface area contributed by atoms with Crippen LogP contribution in [0.3, 0.4) is 0 Å². The number of sulfonamides is 1. The molecule has 0 unspecified atom stereocenters. The second kappa shape index (κ2) is 9.09. The molecule has 0 aliphatic carbocycles. The van der Waals surface area contributed by atoms with E-state index in [2.05, 4.69) is 10.6 Å². The van der Waals surface area contributed by atoms with Crippen molar-refractivity contribution < 1.29 is 13.2 Å². The van der Waals surface area contributed by atoms with Gasteiger partial charge in [-0.25, -0.2) is 13.2 Å². The molecule has 8 heteroatoms. The largest absolute Gasteiger partial charge is 0.323 e. The van der Waals surface area contributed by atoms with Gasteiger partial charge in [0.05, 0.1) is 15.6 Å². The van der Waals surface area contributed by atoms with Gasteiger partial charge >= 0.3 is 6.03 Å². The minimum atomic E-state index is -3.42. The second-order valence-electron chi connectivity index (χ2n) is 7.27. The highest BCUT2D eigenvalue weighted by atomic mass is 35.5. The monoisotopic (exact) mass is 455 g/mol. The van der Waals surface area contributed by atoms with Crippen molar-refractivity contribution in [2.45, 2.75) is 17.7 Å². The van der Waals surface area contributed by atoms with Crippen LogP contribution in [0.15, 0.2) is 77.7 Å². The molecule has 31 heavy (non-hydrogen) atoms. The molecule has 0 bridgehead atoms. The number of nitrogens with one attached hydrogen (secondary N) is 2. The molecule has 160 valence electrons. The molecule has 1 saturated heterocycles. The number of rotatable bonds is 5. The van der Waals surface area contributed by atoms with E-state index < -0.39 is 16.1 Å². The van der Waals surface area contributed by atoms with E-state index in [1.165, 1.54) is 4.31 Å². The van der Waals surface area contributed by atoms with Gasteiger partial charge in [-0.05, 0) is 60.4 Å². The lowest BCUT2D eigenvalue weighted by Gasteiger charge is -2.15. The van der Waals surface area contributed by atoms with Crippen LogP contribution in [0.1, 0.15) is 12.8 Å². The smallest absolute Gasteiger partial charge is 0.308 e. The number of hydrogen-bond donors (Lipinski definition) is 2. The van der Waals surface area contributed by atoms with Crippen LogP contribution >= 0.6 is 11.6 Å². The van der Waals surface area contributed by atoms with Crippen LogP contribution in [0.5, 0.6) is 0 Å². The maximum absolute atomic E-state index is 12.7. The Bertz CT molecular complexity index is 1170. The minimum Gasteiger partial charge on any atom is -0.308 e. The first-order valence-corrected chi connectivity index (χ1v) is 11.8. The summed E-state index contributed by atoms with van der Waals surface area (Å²) in [6.07, 6.45) is 1.82. The van der Waals surface area contributed by atoms with Gasteiger partial charge in [-0.1, -0.05) is 48.0 Å². The van der Waals surface area contributed by atoms with Gasteiger partial charge in [0.2, 0.25) is 10.0 Å². The highest BCUT2D eigenvalue weighted by Gasteiger charge is 2.26. The lowest BCUT2D eigenvalue weighted by Crippen LogP contribution is -2.27. The molecule has 0 spiro atoms. The summed E-state index contributed by atoms with van der Waals surface area (Å²) in [7, 11) is -3.42. The summed E-state index contributed by atoms with van der Waals surface area (Å²) in [4.78, 5) is 12.5. The van der Waals surface area contributed by atoms with Gasteiger partial charge in [-0.3, -0.25) is 0 Å². The number of carbonyl (C=O) groups excluding carboxylic acids is 1. The molecule has 0 aromatic heterocycles. The lowest BCUT2D eigenvalue weighted by molar-refractivity contribution is 0.262. The standard InChI is InChI=1S/C23H22ClN3O3S/c24-21-5-1-2-6-22(21)26-23(28)25-19-11-7-17(8-12-19)18-9-13-20(14-10-18)31(29,30)27-15-3-4-16-27/h1-2,5-14H,3-4,15-16H2,(H2,25,26,28). The molecule has 4 rings (SSSR count). The van der Waals surface area contributed by atoms with Gasteiger partial charge in [0.1, 0.15) is 0 Å². The van der Waals surface area contributed by atoms with Crippen LogP contribution in [0.4, 0.5) is 16.2 Å². The molecule has 1 aliphatic rings. The highest BCUT2D eigenvalue weighted by Crippen LogP contribution is 2.26. The van der Waals surface area contributed by atoms with Crippen LogP contribution in [-0.4, -0.2) is 31.8 Å². The topological polar surface area (TPSA) is 78.5 Å². The summed E-state index contributed by atoms with van der Waals surface area (Å²) < 4.78 is 26.8. The summed E-state index contributed by atoms with van der Waals surface area (Å²) in [5.74, 6) is 0. The number of nitrogens with zero attached hydrogens (tertiary/aromatic N) is 1. The molecule has 1 heterocycles. The number of para-hydroxylation sites is 1. The number of halogens is 1. The van der Waals surface area contributed by atoms with E-state index in [0.717, 1.165) is 24.0 Å². The molecule has 0 radical (unpaired) electrons. The Hall–Kier alpha value is -2.87. The first kappa shape index (κ1) is 21.4. The fourth-order valence-corrected chi connectivity index (χ4v) is 5.19. The van der Waals surface area contributed by atoms with E-state index in [0.29, 0.717) is 34.4 Å². The number of urea groups is 1. The maximum Gasteiger partial charge on any atom is 0.323 e. The predicted molar refractivity (Wildman–Crippen MR) is 124 cm³/mol. The number of amides is 2. The quantitative estimate of drug-likeness (QED) is 0.538. The van der Waals surface area contributed by atoms with Crippen molar-refractivity contribution in [3.63, 3.8) is 0 Å². The van der Waals surface area contributed by atoms with E-state index in [9.17, 15) is 13.2 Å². The van der Waals surface area contributed by atoms with Gasteiger partial charge in [0, 0.05) is 18.8 Å². The van der Waals surface area contributed by atoms with Crippen molar-refractivity contribution in [2.24, 2.45) is 0 Å². The Morgan fingerprint density at radius 1 is 0.806 bits per heavy atom. The average molecular weight is 456 g/mol. The number of benzene rings is 3. The fraction of sp³-hybridized carbons (Fsp3) is 0.174. The van der Waals surface area contributed by atoms with E-state index in [1.54, 1.807) is 60.7 Å². The third-order valence-electron chi connectivity index (χ3n) is 5.16. The number of carbonyl (C=O) groups is 1. The summed E-state index contributed by atoms with van der Waals surface area (Å²) in [5, 5.41) is 5.93. The molecular formula is C23H22ClN3O3S. The molecule has 0 saturated carbocycles. The summed E-state index contributed by atoms with van der Waals surface area (Å²) in [6.45, 7) is 1.17. The van der Waals surface area contributed by atoms with E-state index in [1.807, 2.05) is 12.1 Å². The lowest BCUT2D eigenvalue weighted by atomic mass is 10.1. The molecule has 1 fully saturated rings. The molecular weight excluding hydrogens is 434 g/mol. The Balaban J connectivity index is 1.42. The Labute approximate surface area is 186 Å². The average Bonchev–Trinajstić information content (AvgIpc) is 3.32. The third-order valence-corrected chi connectivity index (χ3v) is 7.40. The van der Waals surface area contributed by atoms with E-state index >= 15 is 0 Å². The van der Waals surface area contributed by atoms with Crippen LogP contribution in [0, 0.1) is 0 Å². The second-order valence-corrected chi connectivity index (χ2v) is 9.62. The zero-order chi connectivity index (χ0) is 21.8. The van der Waals surface area contributed by atoms with Crippen LogP contribution in [-0.2, 0) is 10.0 Å². The van der Waals surface area contributed by atoms with E-state index in [-0.39, 0.29) is 0 Å². The molecule has 1 aliphatic heterocycles. The normalized spacial score (nSPS) is 14.4. The first-order chi connectivity index (χ1) is 14.9. The van der Waals surface area contributed by atoms with Crippen molar-refractivity contribution in [3.8, 4) is 11.1 Å². The van der Waals surface area contributed by atoms with Gasteiger partial charge in [0.15, 0.2) is 0 Å². The Morgan fingerprint density at radius 2 is 1.39 bits per heavy atom. The van der Waals surface area contributed by atoms with Crippen molar-refractivity contribution in [2.75, 3.05) is 23.7 Å². The molecule has 3 aromatic carbocycles. The van der Waals surface area contributed by atoms with Crippen LogP contribution in [0.2, 0.25) is 5.02 Å². The predicted octanol–water partition coefficient (Wildman–Crippen LogP) is 5.44. The van der Waals surface area contributed by atoms with Crippen molar-refractivity contribution in [3.05, 3.63) is 77.8 Å². The van der Waals surface area contributed by atoms with Crippen molar-refractivity contribution in [1.29, 1.82) is 0 Å². The zero-order valence-corrected chi connectivity index (χ0v) is 18.3. The summed E-state index contributed by atoms with van der Waals surface area (Å²) in [6, 6.07) is 20.8. The minimum absolute atomic E-state index is 0.313. The molecule has 3 aromatic rings. The van der Waals surface area contributed by atoms with Crippen molar-refractivity contribution in [1.82, 2.24) is 4.31 Å². The van der Waals surface area contributed by atoms with Gasteiger partial charge in [-0.15, -0.1) is 0 Å². The SMILES string of the molecule is O=C(Nc1ccc(-c2ccc(S(=O)(=O)N3CCCC3)cc2)cc1)Nc1ccccc1Cl. The number of anilines is 2. The zero-order valence-electron chi connectivity index (χ0n) is 16.7. The van der Waals surface area contributed by atoms with Crippen LogP contribution < -0.4 is 10.6 Å². The molecule has 0 atom stereocenters. The maximum atomic E-state index is 12.7. The summed E-state index contributed by atoms with van der Waals surface area (Å²) >= 11 is 6.05. The van der Waals surface area contributed by atoms with Gasteiger partial charge in [0.25, 0.3) is 0 Å². The first-order valence-electron chi connectivity index (χ1n) is 9.97. The van der Waals surface area contributed by atoms with Gasteiger partial charge in [-0.2, -0.15) is 4.31 Å². The summed E-state index contributed by atoms with van der Waals surface area (Å²) in [5.41, 5.74) is 2.97. The highest BCUT2D eigenvalue weighted by molar-refractivity contribution is 7.89. The molecule has 2 amide bonds. The molecule has 2 N–H and O–H groups in total. The number of hydrogen-bond acceptors (Lipinski definition) is 3. The van der Waals surface area contributed by atoms with Gasteiger partial charge < -0.3 is 10.6 Å². The van der Waals surface area contributed by atoms with E-state index in [4.69, 9.17) is 11.6 Å². The fourth-order valence-electron chi connectivity index (χ4n) is 3.49. The van der Waals surface area contributed by atoms with Crippen LogP contribution in [0.25, 0.3) is 11.1 Å². The Morgan fingerprint density at radius 3 is 2.00 bits per heavy atom. The molecule has 6 nitrogen and oxygen atoms in total.